The first-order valence-electron chi connectivity index (χ1n) is 18.4. The molecule has 2 aliphatic heterocycles. The molecule has 274 valence electrons. The van der Waals surface area contributed by atoms with Crippen LogP contribution in [0.2, 0.25) is 0 Å². The molecule has 5 heterocycles. The van der Waals surface area contributed by atoms with Gasteiger partial charge in [0.15, 0.2) is 11.5 Å². The Morgan fingerprint density at radius 2 is 0.750 bits per heavy atom. The summed E-state index contributed by atoms with van der Waals surface area (Å²) in [6, 6.07) is 27.0. The van der Waals surface area contributed by atoms with Crippen LogP contribution in [-0.4, -0.2) is 32.1 Å². The maximum Gasteiger partial charge on any atom is 0.268 e. The summed E-state index contributed by atoms with van der Waals surface area (Å²) in [4.78, 5) is 70.3. The fourth-order valence-corrected chi connectivity index (χ4v) is 7.44. The van der Waals surface area contributed by atoms with Crippen LogP contribution < -0.4 is 31.2 Å². The van der Waals surface area contributed by atoms with Crippen molar-refractivity contribution < 1.29 is 9.47 Å². The number of hydrogen-bond donors (Lipinski definition) is 2. The standard InChI is InChI=1S/C46H34N4O6/c1-23(2)55-45-39(41(51)43(45)53)37-31-19-15-27(47-31)35(25-11-7-5-8-12-25)29-17-21-33(49-29)38(40-42(52)44(54)46(40)56-24(3)4)34-22-18-30(50-34)36(26-13-9-6-10-14-26)28-16-20-32(37)48-28/h5-24,47-48H,1-4H3. The molecule has 4 aromatic carbocycles. The average molecular weight is 739 g/mol. The summed E-state index contributed by atoms with van der Waals surface area (Å²) in [7, 11) is 0. The summed E-state index contributed by atoms with van der Waals surface area (Å²) < 4.78 is 11.9. The Balaban J connectivity index is 1.48. The van der Waals surface area contributed by atoms with Crippen molar-refractivity contribution in [1.29, 1.82) is 0 Å². The van der Waals surface area contributed by atoms with Crippen LogP contribution in [0.25, 0.3) is 90.9 Å². The topological polar surface area (TPSA) is 144 Å². The minimum atomic E-state index is -0.687. The van der Waals surface area contributed by atoms with E-state index in [1.165, 1.54) is 0 Å². The number of aromatic amines is 2. The lowest BCUT2D eigenvalue weighted by molar-refractivity contribution is 0.238. The number of nitrogens with one attached hydrogen (secondary N) is 2. The van der Waals surface area contributed by atoms with Crippen LogP contribution in [0.3, 0.4) is 0 Å². The largest absolute Gasteiger partial charge is 0.486 e. The monoisotopic (exact) mass is 738 g/mol. The maximum atomic E-state index is 13.5. The molecule has 0 aliphatic carbocycles. The van der Waals surface area contributed by atoms with Crippen molar-refractivity contribution in [3.05, 3.63) is 149 Å². The van der Waals surface area contributed by atoms with Gasteiger partial charge in [-0.25, -0.2) is 9.97 Å². The summed E-state index contributed by atoms with van der Waals surface area (Å²) in [6.07, 6.45) is 6.66. The predicted molar refractivity (Wildman–Crippen MR) is 222 cm³/mol. The second-order valence-corrected chi connectivity index (χ2v) is 14.3. The van der Waals surface area contributed by atoms with Crippen molar-refractivity contribution in [2.45, 2.75) is 39.9 Å². The normalized spacial score (nSPS) is 12.4. The molecule has 8 bridgehead atoms. The van der Waals surface area contributed by atoms with Crippen LogP contribution in [0.5, 0.6) is 11.5 Å². The lowest BCUT2D eigenvalue weighted by atomic mass is 9.97. The first-order valence-corrected chi connectivity index (χ1v) is 18.4. The number of nitrogens with zero attached hydrogens (tertiary/aromatic N) is 2. The summed E-state index contributed by atoms with van der Waals surface area (Å²) in [5.41, 5.74) is 6.27. The molecule has 0 amide bonds. The SMILES string of the molecule is CC(C)Oc1c(-c2c3nc(c(-c4ccccc4)c4ccc([nH]4)c(-c4c(OC(C)C)c(=O)c4=O)c4ccc([nH]4)c(-c4ccccc4)c4nc2C=C4)C=C3)c(=O)c1=O. The molecule has 0 fully saturated rings. The molecule has 2 N–H and O–H groups in total. The molecule has 0 saturated heterocycles. The molecule has 2 aliphatic rings. The van der Waals surface area contributed by atoms with Crippen LogP contribution in [0.15, 0.2) is 104 Å². The summed E-state index contributed by atoms with van der Waals surface area (Å²) >= 11 is 0. The van der Waals surface area contributed by atoms with E-state index in [0.717, 1.165) is 22.3 Å². The van der Waals surface area contributed by atoms with Gasteiger partial charge in [0.2, 0.25) is 10.9 Å². The minimum Gasteiger partial charge on any atom is -0.486 e. The van der Waals surface area contributed by atoms with Gasteiger partial charge in [-0.15, -0.1) is 0 Å². The van der Waals surface area contributed by atoms with Gasteiger partial charge in [0, 0.05) is 44.3 Å². The van der Waals surface area contributed by atoms with Crippen molar-refractivity contribution in [3.8, 4) is 56.0 Å². The van der Waals surface area contributed by atoms with Gasteiger partial charge in [0.1, 0.15) is 0 Å². The number of hydrogen-bond acceptors (Lipinski definition) is 8. The van der Waals surface area contributed by atoms with E-state index in [0.29, 0.717) is 56.0 Å². The Bertz CT molecular complexity index is 2970. The van der Waals surface area contributed by atoms with E-state index in [4.69, 9.17) is 19.4 Å². The molecule has 3 aromatic heterocycles. The zero-order valence-electron chi connectivity index (χ0n) is 30.9. The molecule has 0 atom stereocenters. The minimum absolute atomic E-state index is 0.00624. The third-order valence-corrected chi connectivity index (χ3v) is 9.82. The first-order chi connectivity index (χ1) is 27.1. The fraction of sp³-hybridized carbons (Fsp3) is 0.130. The number of aromatic nitrogens is 4. The van der Waals surface area contributed by atoms with E-state index in [1.54, 1.807) is 13.8 Å². The Labute approximate surface area is 319 Å². The van der Waals surface area contributed by atoms with Crippen LogP contribution >= 0.6 is 0 Å². The van der Waals surface area contributed by atoms with Gasteiger partial charge in [-0.3, -0.25) is 19.2 Å². The van der Waals surface area contributed by atoms with E-state index in [2.05, 4.69) is 9.97 Å². The van der Waals surface area contributed by atoms with Gasteiger partial charge in [0.25, 0.3) is 10.9 Å². The number of H-pyrrole nitrogens is 2. The van der Waals surface area contributed by atoms with E-state index in [9.17, 15) is 19.2 Å². The van der Waals surface area contributed by atoms with Crippen molar-refractivity contribution >= 4 is 46.4 Å². The molecular weight excluding hydrogens is 705 g/mol. The number of ether oxygens (including phenoxy) is 2. The molecular formula is C46H34N4O6. The predicted octanol–water partition coefficient (Wildman–Crippen LogP) is 8.09. The highest BCUT2D eigenvalue weighted by atomic mass is 16.5. The lowest BCUT2D eigenvalue weighted by Crippen LogP contribution is -2.36. The van der Waals surface area contributed by atoms with E-state index in [1.807, 2.05) is 123 Å². The quantitative estimate of drug-likeness (QED) is 0.149. The van der Waals surface area contributed by atoms with Crippen molar-refractivity contribution in [1.82, 2.24) is 19.9 Å². The number of rotatable bonds is 8. The average Bonchev–Trinajstić information content (AvgIpc) is 4.04. The Morgan fingerprint density at radius 1 is 0.411 bits per heavy atom. The smallest absolute Gasteiger partial charge is 0.268 e. The number of fused-ring (bicyclic) bond motifs is 8. The lowest BCUT2D eigenvalue weighted by Gasteiger charge is -2.16. The Morgan fingerprint density at radius 3 is 1.12 bits per heavy atom. The summed E-state index contributed by atoms with van der Waals surface area (Å²) in [6.45, 7) is 7.22. The molecule has 0 radical (unpaired) electrons. The van der Waals surface area contributed by atoms with Gasteiger partial charge in [-0.1, -0.05) is 60.7 Å². The summed E-state index contributed by atoms with van der Waals surface area (Å²) in [5.74, 6) is 0.0152. The molecule has 0 saturated carbocycles. The molecule has 56 heavy (non-hydrogen) atoms. The molecule has 0 unspecified atom stereocenters. The van der Waals surface area contributed by atoms with Gasteiger partial charge < -0.3 is 19.4 Å². The first kappa shape index (κ1) is 34.6. The van der Waals surface area contributed by atoms with Gasteiger partial charge in [-0.2, -0.15) is 0 Å². The van der Waals surface area contributed by atoms with Crippen LogP contribution in [0.4, 0.5) is 0 Å². The van der Waals surface area contributed by atoms with Crippen LogP contribution in [0.1, 0.15) is 50.5 Å². The highest BCUT2D eigenvalue weighted by Crippen LogP contribution is 2.40. The third-order valence-electron chi connectivity index (χ3n) is 9.82. The van der Waals surface area contributed by atoms with Crippen LogP contribution in [-0.2, 0) is 0 Å². The number of benzene rings is 2. The van der Waals surface area contributed by atoms with Gasteiger partial charge in [0.05, 0.1) is 46.1 Å². The zero-order valence-corrected chi connectivity index (χ0v) is 30.9. The van der Waals surface area contributed by atoms with E-state index in [-0.39, 0.29) is 34.8 Å². The third kappa shape index (κ3) is 5.57. The maximum absolute atomic E-state index is 13.5. The summed E-state index contributed by atoms with van der Waals surface area (Å²) in [5, 5.41) is 0. The van der Waals surface area contributed by atoms with Crippen LogP contribution in [0, 0.1) is 0 Å². The highest BCUT2D eigenvalue weighted by Gasteiger charge is 2.31. The Kier molecular flexibility index (Phi) is 8.19. The van der Waals surface area contributed by atoms with E-state index >= 15 is 0 Å². The molecule has 10 heteroatoms. The molecule has 9 rings (SSSR count). The second-order valence-electron chi connectivity index (χ2n) is 14.3. The molecule has 0 spiro atoms. The Hall–Kier alpha value is -7.20. The highest BCUT2D eigenvalue weighted by molar-refractivity contribution is 6.01. The zero-order chi connectivity index (χ0) is 38.8. The molecule has 7 aromatic rings. The second kappa shape index (κ2) is 13.3. The van der Waals surface area contributed by atoms with Crippen molar-refractivity contribution in [2.75, 3.05) is 0 Å². The van der Waals surface area contributed by atoms with Gasteiger partial charge in [-0.05, 0) is 87.4 Å². The van der Waals surface area contributed by atoms with Crippen molar-refractivity contribution in [3.63, 3.8) is 0 Å². The van der Waals surface area contributed by atoms with Gasteiger partial charge >= 0.3 is 0 Å². The molecule has 10 nitrogen and oxygen atoms in total. The fourth-order valence-electron chi connectivity index (χ4n) is 7.44. The van der Waals surface area contributed by atoms with Crippen molar-refractivity contribution in [2.24, 2.45) is 0 Å². The van der Waals surface area contributed by atoms with E-state index < -0.39 is 21.7 Å².